The van der Waals surface area contributed by atoms with Crippen LogP contribution in [-0.4, -0.2) is 27.2 Å². The largest absolute Gasteiger partial charge is 0.464 e. The van der Waals surface area contributed by atoms with Crippen LogP contribution in [0.4, 0.5) is 0 Å². The second-order valence-corrected chi connectivity index (χ2v) is 6.38. The molecular formula is C15H20O5S. The quantitative estimate of drug-likeness (QED) is 0.596. The van der Waals surface area contributed by atoms with Crippen molar-refractivity contribution in [3.8, 4) is 0 Å². The molecule has 0 spiro atoms. The number of carbonyl (C=O) groups excluding carboxylic acids is 1. The van der Waals surface area contributed by atoms with Gasteiger partial charge in [0.15, 0.2) is 6.10 Å². The summed E-state index contributed by atoms with van der Waals surface area (Å²) in [6, 6.07) is 6.97. The van der Waals surface area contributed by atoms with Crippen LogP contribution in [0.5, 0.6) is 0 Å². The molecule has 1 aromatic carbocycles. The Kier molecular flexibility index (Phi) is 6.11. The topological polar surface area (TPSA) is 69.7 Å². The van der Waals surface area contributed by atoms with Crippen LogP contribution < -0.4 is 0 Å². The molecule has 1 atom stereocenters. The zero-order chi connectivity index (χ0) is 16.0. The van der Waals surface area contributed by atoms with Gasteiger partial charge in [-0.25, -0.2) is 4.79 Å². The Morgan fingerprint density at radius 1 is 1.29 bits per heavy atom. The predicted molar refractivity (Wildman–Crippen MR) is 81.1 cm³/mol. The fourth-order valence-corrected chi connectivity index (χ4v) is 2.33. The number of rotatable bonds is 6. The fraction of sp³-hybridized carbons (Fsp3) is 0.400. The molecule has 0 fully saturated rings. The van der Waals surface area contributed by atoms with Crippen molar-refractivity contribution in [2.45, 2.75) is 26.9 Å². The molecule has 0 saturated carbocycles. The lowest BCUT2D eigenvalue weighted by Gasteiger charge is -2.17. The Bertz CT molecular complexity index is 627. The first kappa shape index (κ1) is 17.4. The highest BCUT2D eigenvalue weighted by molar-refractivity contribution is 7.86. The molecule has 5 nitrogen and oxygen atoms in total. The fourth-order valence-electron chi connectivity index (χ4n) is 1.80. The number of hydrogen-bond donors (Lipinski definition) is 0. The summed E-state index contributed by atoms with van der Waals surface area (Å²) < 4.78 is 32.7. The predicted octanol–water partition coefficient (Wildman–Crippen LogP) is 2.69. The third kappa shape index (κ3) is 5.69. The Hall–Kier alpha value is -1.66. The maximum atomic E-state index is 12.0. The molecule has 1 unspecified atom stereocenters. The molecule has 0 aliphatic rings. The zero-order valence-corrected chi connectivity index (χ0v) is 13.4. The van der Waals surface area contributed by atoms with Crippen LogP contribution in [0.2, 0.25) is 0 Å². The van der Waals surface area contributed by atoms with Gasteiger partial charge in [0, 0.05) is 5.56 Å². The van der Waals surface area contributed by atoms with E-state index < -0.39 is 22.2 Å². The molecule has 1 aromatic rings. The van der Waals surface area contributed by atoms with E-state index in [4.69, 9.17) is 8.92 Å². The van der Waals surface area contributed by atoms with Crippen molar-refractivity contribution >= 4 is 22.2 Å². The monoisotopic (exact) mass is 312 g/mol. The van der Waals surface area contributed by atoms with E-state index in [1.807, 2.05) is 19.9 Å². The lowest BCUT2D eigenvalue weighted by Crippen LogP contribution is -2.22. The SMILES string of the molecule is CCOC(=O)C(OS(C)(=O)=O)c1ccccc1C=C(C)C. The van der Waals surface area contributed by atoms with Crippen molar-refractivity contribution in [1.82, 2.24) is 0 Å². The molecular weight excluding hydrogens is 292 g/mol. The second-order valence-electron chi connectivity index (χ2n) is 4.78. The van der Waals surface area contributed by atoms with Gasteiger partial charge in [0.1, 0.15) is 0 Å². The van der Waals surface area contributed by atoms with Gasteiger partial charge in [-0.2, -0.15) is 8.42 Å². The van der Waals surface area contributed by atoms with Gasteiger partial charge in [0.05, 0.1) is 12.9 Å². The third-order valence-corrected chi connectivity index (χ3v) is 3.04. The van der Waals surface area contributed by atoms with Crippen molar-refractivity contribution in [2.75, 3.05) is 12.9 Å². The minimum Gasteiger partial charge on any atom is -0.464 e. The van der Waals surface area contributed by atoms with E-state index in [1.165, 1.54) is 0 Å². The van der Waals surface area contributed by atoms with E-state index in [0.29, 0.717) is 5.56 Å². The van der Waals surface area contributed by atoms with Gasteiger partial charge in [-0.1, -0.05) is 35.9 Å². The van der Waals surface area contributed by atoms with Crippen molar-refractivity contribution in [1.29, 1.82) is 0 Å². The summed E-state index contributed by atoms with van der Waals surface area (Å²) in [5.74, 6) is -0.725. The van der Waals surface area contributed by atoms with E-state index in [9.17, 15) is 13.2 Å². The van der Waals surface area contributed by atoms with Crippen molar-refractivity contribution < 1.29 is 22.1 Å². The third-order valence-electron chi connectivity index (χ3n) is 2.49. The van der Waals surface area contributed by atoms with Gasteiger partial charge in [0.25, 0.3) is 10.1 Å². The Morgan fingerprint density at radius 3 is 2.43 bits per heavy atom. The zero-order valence-electron chi connectivity index (χ0n) is 12.6. The minimum atomic E-state index is -3.80. The van der Waals surface area contributed by atoms with Crippen LogP contribution in [0.25, 0.3) is 6.08 Å². The van der Waals surface area contributed by atoms with Crippen LogP contribution in [-0.2, 0) is 23.8 Å². The average Bonchev–Trinajstić information content (AvgIpc) is 2.35. The lowest BCUT2D eigenvalue weighted by atomic mass is 10.0. The second kappa shape index (κ2) is 7.38. The minimum absolute atomic E-state index is 0.146. The van der Waals surface area contributed by atoms with Crippen LogP contribution in [0, 0.1) is 0 Å². The summed E-state index contributed by atoms with van der Waals surface area (Å²) in [6.07, 6.45) is 1.46. The molecule has 0 N–H and O–H groups in total. The van der Waals surface area contributed by atoms with Crippen LogP contribution in [0.3, 0.4) is 0 Å². The Balaban J connectivity index is 3.32. The smallest absolute Gasteiger partial charge is 0.341 e. The first-order valence-electron chi connectivity index (χ1n) is 6.53. The number of ether oxygens (including phenoxy) is 1. The van der Waals surface area contributed by atoms with E-state index in [2.05, 4.69) is 0 Å². The molecule has 21 heavy (non-hydrogen) atoms. The summed E-state index contributed by atoms with van der Waals surface area (Å²) in [5, 5.41) is 0. The molecule has 0 aromatic heterocycles. The van der Waals surface area contributed by atoms with Gasteiger partial charge in [-0.3, -0.25) is 4.18 Å². The van der Waals surface area contributed by atoms with Crippen molar-refractivity contribution in [3.05, 3.63) is 41.0 Å². The molecule has 0 bridgehead atoms. The lowest BCUT2D eigenvalue weighted by molar-refractivity contribution is -0.151. The van der Waals surface area contributed by atoms with E-state index in [-0.39, 0.29) is 6.61 Å². The Morgan fingerprint density at radius 2 is 1.90 bits per heavy atom. The molecule has 6 heteroatoms. The summed E-state index contributed by atoms with van der Waals surface area (Å²) in [7, 11) is -3.80. The van der Waals surface area contributed by atoms with E-state index >= 15 is 0 Å². The molecule has 0 heterocycles. The van der Waals surface area contributed by atoms with Crippen LogP contribution >= 0.6 is 0 Å². The highest BCUT2D eigenvalue weighted by Crippen LogP contribution is 2.26. The molecule has 0 aliphatic carbocycles. The van der Waals surface area contributed by atoms with E-state index in [1.54, 1.807) is 31.2 Å². The number of allylic oxidation sites excluding steroid dienone is 1. The maximum Gasteiger partial charge on any atom is 0.341 e. The van der Waals surface area contributed by atoms with Gasteiger partial charge < -0.3 is 4.74 Å². The summed E-state index contributed by atoms with van der Waals surface area (Å²) in [6.45, 7) is 5.62. The number of carbonyl (C=O) groups is 1. The molecule has 0 aliphatic heterocycles. The molecule has 0 saturated heterocycles. The average molecular weight is 312 g/mol. The van der Waals surface area contributed by atoms with Gasteiger partial charge in [-0.05, 0) is 26.3 Å². The van der Waals surface area contributed by atoms with Gasteiger partial charge in [-0.15, -0.1) is 0 Å². The standard InChI is InChI=1S/C15H20O5S/c1-5-19-15(16)14(20-21(4,17)18)13-9-7-6-8-12(13)10-11(2)3/h6-10,14H,5H2,1-4H3. The summed E-state index contributed by atoms with van der Waals surface area (Å²) >= 11 is 0. The van der Waals surface area contributed by atoms with Crippen molar-refractivity contribution in [3.63, 3.8) is 0 Å². The number of benzene rings is 1. The first-order chi connectivity index (χ1) is 9.74. The summed E-state index contributed by atoms with van der Waals surface area (Å²) in [5.41, 5.74) is 2.20. The first-order valence-corrected chi connectivity index (χ1v) is 8.35. The maximum absolute atomic E-state index is 12.0. The van der Waals surface area contributed by atoms with Crippen LogP contribution in [0.15, 0.2) is 29.8 Å². The number of hydrogen-bond acceptors (Lipinski definition) is 5. The van der Waals surface area contributed by atoms with Gasteiger partial charge in [0.2, 0.25) is 0 Å². The normalized spacial score (nSPS) is 12.6. The summed E-state index contributed by atoms with van der Waals surface area (Å²) in [4.78, 5) is 12.0. The highest BCUT2D eigenvalue weighted by Gasteiger charge is 2.28. The highest BCUT2D eigenvalue weighted by atomic mass is 32.2. The van der Waals surface area contributed by atoms with E-state index in [0.717, 1.165) is 17.4 Å². The number of esters is 1. The van der Waals surface area contributed by atoms with Gasteiger partial charge >= 0.3 is 5.97 Å². The Labute approximate surface area is 125 Å². The molecule has 116 valence electrons. The molecule has 0 radical (unpaired) electrons. The molecule has 1 rings (SSSR count). The molecule has 0 amide bonds. The van der Waals surface area contributed by atoms with Crippen LogP contribution in [0.1, 0.15) is 38.0 Å². The van der Waals surface area contributed by atoms with Crippen molar-refractivity contribution in [2.24, 2.45) is 0 Å².